The van der Waals surface area contributed by atoms with E-state index in [1.54, 1.807) is 17.2 Å². The largest absolute Gasteiger partial charge is 0.335 e. The number of aromatic nitrogens is 1. The summed E-state index contributed by atoms with van der Waals surface area (Å²) >= 11 is 3.31. The van der Waals surface area contributed by atoms with E-state index in [-0.39, 0.29) is 17.9 Å². The summed E-state index contributed by atoms with van der Waals surface area (Å²) in [5, 5.41) is 5.80. The Morgan fingerprint density at radius 3 is 2.77 bits per heavy atom. The van der Waals surface area contributed by atoms with Crippen LogP contribution in [-0.2, 0) is 4.79 Å². The van der Waals surface area contributed by atoms with Gasteiger partial charge < -0.3 is 15.5 Å². The quantitative estimate of drug-likeness (QED) is 0.862. The normalized spacial score (nSPS) is 21.3. The number of amides is 3. The van der Waals surface area contributed by atoms with Crippen LogP contribution in [0.25, 0.3) is 0 Å². The maximum atomic E-state index is 12.3. The number of nitrogens with one attached hydrogen (secondary N) is 2. The van der Waals surface area contributed by atoms with E-state index in [2.05, 4.69) is 31.5 Å². The van der Waals surface area contributed by atoms with Gasteiger partial charge in [-0.25, -0.2) is 9.78 Å². The molecule has 1 saturated heterocycles. The summed E-state index contributed by atoms with van der Waals surface area (Å²) in [4.78, 5) is 30.3. The van der Waals surface area contributed by atoms with Gasteiger partial charge in [0, 0.05) is 29.8 Å². The number of carbonyl (C=O) groups is 2. The van der Waals surface area contributed by atoms with Gasteiger partial charge in [-0.05, 0) is 53.7 Å². The van der Waals surface area contributed by atoms with E-state index >= 15 is 0 Å². The van der Waals surface area contributed by atoms with E-state index in [0.29, 0.717) is 18.4 Å². The molecule has 6 nitrogen and oxygen atoms in total. The molecule has 1 atom stereocenters. The van der Waals surface area contributed by atoms with Gasteiger partial charge in [-0.15, -0.1) is 0 Å². The van der Waals surface area contributed by atoms with E-state index in [0.717, 1.165) is 36.7 Å². The first-order chi connectivity index (χ1) is 10.6. The third-order valence-electron chi connectivity index (χ3n) is 3.96. The highest BCUT2D eigenvalue weighted by Gasteiger charge is 2.31. The molecule has 1 aliphatic carbocycles. The Morgan fingerprint density at radius 2 is 2.09 bits per heavy atom. The van der Waals surface area contributed by atoms with Crippen molar-refractivity contribution in [1.29, 1.82) is 0 Å². The molecule has 3 rings (SSSR count). The van der Waals surface area contributed by atoms with Gasteiger partial charge in [0.15, 0.2) is 0 Å². The van der Waals surface area contributed by atoms with Crippen molar-refractivity contribution in [2.24, 2.45) is 5.92 Å². The summed E-state index contributed by atoms with van der Waals surface area (Å²) in [5.41, 5.74) is 0. The fraction of sp³-hybridized carbons (Fsp3) is 0.533. The van der Waals surface area contributed by atoms with Crippen molar-refractivity contribution in [3.8, 4) is 0 Å². The maximum Gasteiger partial charge on any atom is 0.317 e. The molecule has 2 aliphatic rings. The molecule has 22 heavy (non-hydrogen) atoms. The third kappa shape index (κ3) is 3.97. The minimum absolute atomic E-state index is 0.0400. The Labute approximate surface area is 137 Å². The van der Waals surface area contributed by atoms with Crippen molar-refractivity contribution in [1.82, 2.24) is 15.2 Å². The van der Waals surface area contributed by atoms with Gasteiger partial charge in [-0.2, -0.15) is 0 Å². The van der Waals surface area contributed by atoms with Gasteiger partial charge in [0.1, 0.15) is 5.82 Å². The predicted molar refractivity (Wildman–Crippen MR) is 86.4 cm³/mol. The standard InChI is InChI=1S/C15H19BrN4O2/c16-11-3-6-13(17-8-11)19-14(21)10-2-1-7-20(9-10)15(22)18-12-4-5-12/h3,6,8,10,12H,1-2,4-5,7,9H2,(H,18,22)(H,17,19,21). The zero-order valence-electron chi connectivity index (χ0n) is 12.2. The van der Waals surface area contributed by atoms with Crippen LogP contribution in [-0.4, -0.2) is 41.0 Å². The summed E-state index contributed by atoms with van der Waals surface area (Å²) in [5.74, 6) is 0.288. The first-order valence-corrected chi connectivity index (χ1v) is 8.39. The molecule has 2 fully saturated rings. The van der Waals surface area contributed by atoms with Crippen LogP contribution in [0.2, 0.25) is 0 Å². The lowest BCUT2D eigenvalue weighted by Crippen LogP contribution is -2.48. The second kappa shape index (κ2) is 6.64. The number of pyridine rings is 1. The second-order valence-electron chi connectivity index (χ2n) is 5.86. The van der Waals surface area contributed by atoms with Gasteiger partial charge in [-0.1, -0.05) is 0 Å². The highest BCUT2D eigenvalue weighted by molar-refractivity contribution is 9.10. The topological polar surface area (TPSA) is 74.3 Å². The van der Waals surface area contributed by atoms with E-state index in [1.165, 1.54) is 0 Å². The maximum absolute atomic E-state index is 12.3. The number of nitrogens with zero attached hydrogens (tertiary/aromatic N) is 2. The van der Waals surface area contributed by atoms with Crippen molar-refractivity contribution in [2.45, 2.75) is 31.7 Å². The van der Waals surface area contributed by atoms with Gasteiger partial charge in [0.2, 0.25) is 5.91 Å². The first-order valence-electron chi connectivity index (χ1n) is 7.59. The average molecular weight is 367 g/mol. The molecule has 3 amide bonds. The highest BCUT2D eigenvalue weighted by atomic mass is 79.9. The van der Waals surface area contributed by atoms with Gasteiger partial charge >= 0.3 is 6.03 Å². The zero-order valence-corrected chi connectivity index (χ0v) is 13.8. The summed E-state index contributed by atoms with van der Waals surface area (Å²) in [7, 11) is 0. The molecule has 1 saturated carbocycles. The molecule has 1 unspecified atom stereocenters. The van der Waals surface area contributed by atoms with Gasteiger partial charge in [-0.3, -0.25) is 4.79 Å². The van der Waals surface area contributed by atoms with Crippen molar-refractivity contribution < 1.29 is 9.59 Å². The van der Waals surface area contributed by atoms with Crippen molar-refractivity contribution in [3.05, 3.63) is 22.8 Å². The fourth-order valence-electron chi connectivity index (χ4n) is 2.55. The van der Waals surface area contributed by atoms with E-state index in [1.807, 2.05) is 6.07 Å². The molecule has 2 heterocycles. The molecule has 1 aliphatic heterocycles. The Morgan fingerprint density at radius 1 is 1.27 bits per heavy atom. The molecule has 0 radical (unpaired) electrons. The van der Waals surface area contributed by atoms with Crippen LogP contribution in [0.4, 0.5) is 10.6 Å². The minimum atomic E-state index is -0.177. The molecule has 118 valence electrons. The number of rotatable bonds is 3. The van der Waals surface area contributed by atoms with Crippen LogP contribution in [0.5, 0.6) is 0 Å². The molecular formula is C15H19BrN4O2. The van der Waals surface area contributed by atoms with Crippen LogP contribution in [0.1, 0.15) is 25.7 Å². The van der Waals surface area contributed by atoms with Crippen molar-refractivity contribution >= 4 is 33.7 Å². The number of halogens is 1. The van der Waals surface area contributed by atoms with Crippen LogP contribution < -0.4 is 10.6 Å². The predicted octanol–water partition coefficient (Wildman–Crippen LogP) is 2.37. The second-order valence-corrected chi connectivity index (χ2v) is 6.78. The molecule has 1 aromatic rings. The highest BCUT2D eigenvalue weighted by Crippen LogP contribution is 2.22. The smallest absolute Gasteiger partial charge is 0.317 e. The summed E-state index contributed by atoms with van der Waals surface area (Å²) in [6.45, 7) is 1.19. The lowest BCUT2D eigenvalue weighted by atomic mass is 9.97. The Kier molecular flexibility index (Phi) is 4.61. The summed E-state index contributed by atoms with van der Waals surface area (Å²) in [6, 6.07) is 3.89. The van der Waals surface area contributed by atoms with Gasteiger partial charge in [0.25, 0.3) is 0 Å². The number of likely N-dealkylation sites (tertiary alicyclic amines) is 1. The number of hydrogen-bond acceptors (Lipinski definition) is 3. The fourth-order valence-corrected chi connectivity index (χ4v) is 2.78. The molecular weight excluding hydrogens is 348 g/mol. The Balaban J connectivity index is 1.55. The number of carbonyl (C=O) groups excluding carboxylic acids is 2. The van der Waals surface area contributed by atoms with Crippen LogP contribution in [0.3, 0.4) is 0 Å². The zero-order chi connectivity index (χ0) is 15.5. The Bertz CT molecular complexity index is 559. The summed E-state index contributed by atoms with van der Waals surface area (Å²) < 4.78 is 0.867. The lowest BCUT2D eigenvalue weighted by molar-refractivity contribution is -0.121. The molecule has 0 spiro atoms. The van der Waals surface area contributed by atoms with Gasteiger partial charge in [0.05, 0.1) is 5.92 Å². The monoisotopic (exact) mass is 366 g/mol. The first kappa shape index (κ1) is 15.3. The molecule has 0 bridgehead atoms. The Hall–Kier alpha value is -1.63. The van der Waals surface area contributed by atoms with Crippen LogP contribution in [0.15, 0.2) is 22.8 Å². The average Bonchev–Trinajstić information content (AvgIpc) is 3.33. The number of hydrogen-bond donors (Lipinski definition) is 2. The van der Waals surface area contributed by atoms with Crippen LogP contribution >= 0.6 is 15.9 Å². The van der Waals surface area contributed by atoms with E-state index in [9.17, 15) is 9.59 Å². The lowest BCUT2D eigenvalue weighted by Gasteiger charge is -2.32. The number of urea groups is 1. The SMILES string of the molecule is O=C(Nc1ccc(Br)cn1)C1CCCN(C(=O)NC2CC2)C1. The summed E-state index contributed by atoms with van der Waals surface area (Å²) in [6.07, 6.45) is 5.43. The van der Waals surface area contributed by atoms with Crippen molar-refractivity contribution in [2.75, 3.05) is 18.4 Å². The number of anilines is 1. The van der Waals surface area contributed by atoms with Crippen molar-refractivity contribution in [3.63, 3.8) is 0 Å². The van der Waals surface area contributed by atoms with E-state index in [4.69, 9.17) is 0 Å². The molecule has 7 heteroatoms. The molecule has 0 aromatic carbocycles. The van der Waals surface area contributed by atoms with Crippen LogP contribution in [0, 0.1) is 5.92 Å². The molecule has 2 N–H and O–H groups in total. The minimum Gasteiger partial charge on any atom is -0.335 e. The third-order valence-corrected chi connectivity index (χ3v) is 4.43. The van der Waals surface area contributed by atoms with E-state index < -0.39 is 0 Å². The number of piperidine rings is 1. The molecule has 1 aromatic heterocycles.